The van der Waals surface area contributed by atoms with Crippen LogP contribution in [0.4, 0.5) is 22.2 Å². The lowest BCUT2D eigenvalue weighted by molar-refractivity contribution is -0.126. The Morgan fingerprint density at radius 1 is 1.23 bits per heavy atom. The van der Waals surface area contributed by atoms with Gasteiger partial charge in [-0.25, -0.2) is 9.78 Å². The molecule has 0 spiro atoms. The fourth-order valence-corrected chi connectivity index (χ4v) is 4.08. The van der Waals surface area contributed by atoms with E-state index in [1.807, 2.05) is 0 Å². The number of carbonyl (C=O) groups is 2. The Kier molecular flexibility index (Phi) is 10.3. The summed E-state index contributed by atoms with van der Waals surface area (Å²) in [5.41, 5.74) is 1.44. The molecule has 3 atom stereocenters. The van der Waals surface area contributed by atoms with E-state index in [1.165, 1.54) is 4.90 Å². The summed E-state index contributed by atoms with van der Waals surface area (Å²) in [6, 6.07) is 8.52. The van der Waals surface area contributed by atoms with Crippen molar-refractivity contribution in [3.8, 4) is 17.9 Å². The molecule has 0 bridgehead atoms. The van der Waals surface area contributed by atoms with E-state index in [0.717, 1.165) is 37.9 Å². The third-order valence-corrected chi connectivity index (χ3v) is 6.43. The van der Waals surface area contributed by atoms with Crippen LogP contribution < -0.4 is 16.0 Å². The average molecular weight is 546 g/mol. The molecule has 0 radical (unpaired) electrons. The van der Waals surface area contributed by atoms with E-state index in [4.69, 9.17) is 10.00 Å². The van der Waals surface area contributed by atoms with Gasteiger partial charge in [0.2, 0.25) is 11.9 Å². The molecular formula is C30H39N7O3. The van der Waals surface area contributed by atoms with Crippen LogP contribution in [-0.2, 0) is 9.53 Å². The average Bonchev–Trinajstić information content (AvgIpc) is 3.36. The lowest BCUT2D eigenvalue weighted by atomic mass is 10.1. The molecule has 0 aliphatic heterocycles. The number of hydrogen-bond donors (Lipinski definition) is 3. The van der Waals surface area contributed by atoms with E-state index < -0.39 is 17.7 Å². The molecule has 1 aromatic heterocycles. The van der Waals surface area contributed by atoms with Crippen molar-refractivity contribution in [3.05, 3.63) is 41.6 Å². The molecular weight excluding hydrogens is 506 g/mol. The van der Waals surface area contributed by atoms with Crippen LogP contribution in [-0.4, -0.2) is 58.1 Å². The van der Waals surface area contributed by atoms with Gasteiger partial charge in [-0.15, -0.1) is 0 Å². The molecule has 10 nitrogen and oxygen atoms in total. The molecule has 10 heteroatoms. The van der Waals surface area contributed by atoms with Crippen LogP contribution in [0.5, 0.6) is 0 Å². The maximum atomic E-state index is 12.8. The number of ether oxygens (including phenoxy) is 1. The fourth-order valence-electron chi connectivity index (χ4n) is 4.08. The summed E-state index contributed by atoms with van der Waals surface area (Å²) < 4.78 is 5.37. The largest absolute Gasteiger partial charge is 0.444 e. The zero-order chi connectivity index (χ0) is 29.3. The second kappa shape index (κ2) is 13.7. The molecule has 1 aromatic carbocycles. The van der Waals surface area contributed by atoms with E-state index in [-0.39, 0.29) is 17.9 Å². The number of aromatic nitrogens is 2. The molecule has 212 valence electrons. The minimum Gasteiger partial charge on any atom is -0.444 e. The molecule has 40 heavy (non-hydrogen) atoms. The number of nitrogens with one attached hydrogen (secondary N) is 3. The van der Waals surface area contributed by atoms with E-state index in [9.17, 15) is 9.59 Å². The SMILES string of the molecule is CCCNc1nc(Nc2ccc(C#N)cc2)ncc1C#C[C@@H]1CC[C@H](NC(=O)[C@H](C)N(C)C(=O)OC(C)(C)C)C1. The first kappa shape index (κ1) is 30.2. The second-order valence-corrected chi connectivity index (χ2v) is 10.9. The van der Waals surface area contributed by atoms with Gasteiger partial charge in [-0.1, -0.05) is 18.8 Å². The molecule has 2 amide bonds. The highest BCUT2D eigenvalue weighted by atomic mass is 16.6. The maximum absolute atomic E-state index is 12.8. The fraction of sp³-hybridized carbons (Fsp3) is 0.500. The van der Waals surface area contributed by atoms with Crippen LogP contribution in [0.2, 0.25) is 0 Å². The Hall–Kier alpha value is -4.31. The highest BCUT2D eigenvalue weighted by molar-refractivity contribution is 5.85. The van der Waals surface area contributed by atoms with Gasteiger partial charge < -0.3 is 20.7 Å². The zero-order valence-electron chi connectivity index (χ0n) is 24.2. The van der Waals surface area contributed by atoms with Crippen LogP contribution >= 0.6 is 0 Å². The van der Waals surface area contributed by atoms with Gasteiger partial charge in [0.1, 0.15) is 17.5 Å². The van der Waals surface area contributed by atoms with Crippen LogP contribution in [0.1, 0.15) is 71.4 Å². The number of nitriles is 1. The van der Waals surface area contributed by atoms with Crippen molar-refractivity contribution in [1.29, 1.82) is 5.26 Å². The third-order valence-electron chi connectivity index (χ3n) is 6.43. The van der Waals surface area contributed by atoms with Gasteiger partial charge in [-0.2, -0.15) is 10.2 Å². The summed E-state index contributed by atoms with van der Waals surface area (Å²) in [7, 11) is 1.57. The second-order valence-electron chi connectivity index (χ2n) is 10.9. The Morgan fingerprint density at radius 2 is 1.95 bits per heavy atom. The zero-order valence-corrected chi connectivity index (χ0v) is 24.2. The Labute approximate surface area is 236 Å². The van der Waals surface area contributed by atoms with Gasteiger partial charge in [0, 0.05) is 31.2 Å². The van der Waals surface area contributed by atoms with E-state index in [0.29, 0.717) is 22.9 Å². The number of benzene rings is 1. The van der Waals surface area contributed by atoms with E-state index in [1.54, 1.807) is 65.2 Å². The van der Waals surface area contributed by atoms with Crippen molar-refractivity contribution in [3.63, 3.8) is 0 Å². The summed E-state index contributed by atoms with van der Waals surface area (Å²) in [4.78, 5) is 35.5. The number of amides is 2. The van der Waals surface area contributed by atoms with Crippen LogP contribution in [0, 0.1) is 29.1 Å². The predicted molar refractivity (Wildman–Crippen MR) is 155 cm³/mol. The molecule has 1 aliphatic carbocycles. The molecule has 3 rings (SSSR count). The van der Waals surface area contributed by atoms with E-state index >= 15 is 0 Å². The summed E-state index contributed by atoms with van der Waals surface area (Å²) >= 11 is 0. The quantitative estimate of drug-likeness (QED) is 0.403. The van der Waals surface area contributed by atoms with Gasteiger partial charge in [0.25, 0.3) is 0 Å². The summed E-state index contributed by atoms with van der Waals surface area (Å²) in [6.45, 7) is 9.89. The summed E-state index contributed by atoms with van der Waals surface area (Å²) in [6.07, 6.45) is 4.52. The molecule has 0 saturated heterocycles. The van der Waals surface area contributed by atoms with Crippen molar-refractivity contribution < 1.29 is 14.3 Å². The molecule has 1 fully saturated rings. The minimum absolute atomic E-state index is 0.00535. The molecule has 1 heterocycles. The first-order valence-corrected chi connectivity index (χ1v) is 13.6. The molecule has 3 N–H and O–H groups in total. The monoisotopic (exact) mass is 545 g/mol. The Balaban J connectivity index is 1.61. The number of nitrogens with zero attached hydrogens (tertiary/aromatic N) is 4. The van der Waals surface area contributed by atoms with Crippen molar-refractivity contribution in [2.45, 2.75) is 78.0 Å². The summed E-state index contributed by atoms with van der Waals surface area (Å²) in [5, 5.41) is 18.5. The van der Waals surface area contributed by atoms with Crippen molar-refractivity contribution in [2.75, 3.05) is 24.2 Å². The number of carbonyl (C=O) groups excluding carboxylic acids is 2. The van der Waals surface area contributed by atoms with Crippen LogP contribution in [0.15, 0.2) is 30.5 Å². The standard InChI is InChI=1S/C30H39N7O3/c1-7-16-32-26-23(19-33-28(36-26)35-24-13-10-22(18-31)11-14-24)12-8-21-9-15-25(17-21)34-27(38)20(2)37(6)29(39)40-30(3,4)5/h10-11,13-14,19-21,25H,7,9,15-17H2,1-6H3,(H,34,38)(H2,32,33,35,36)/t20-,21+,25-/m0/s1. The number of rotatable bonds is 8. The Bertz CT molecular complexity index is 1290. The van der Waals surface area contributed by atoms with Gasteiger partial charge in [-0.3, -0.25) is 9.69 Å². The first-order valence-electron chi connectivity index (χ1n) is 13.6. The highest BCUT2D eigenvalue weighted by Gasteiger charge is 2.30. The van der Waals surface area contributed by atoms with Gasteiger partial charge in [-0.05, 0) is 77.6 Å². The predicted octanol–water partition coefficient (Wildman–Crippen LogP) is 4.81. The number of likely N-dealkylation sites (N-methyl/N-ethyl adjacent to an activating group) is 1. The summed E-state index contributed by atoms with van der Waals surface area (Å²) in [5.74, 6) is 7.58. The maximum Gasteiger partial charge on any atom is 0.410 e. The number of hydrogen-bond acceptors (Lipinski definition) is 8. The molecule has 2 aromatic rings. The van der Waals surface area contributed by atoms with Crippen molar-refractivity contribution in [1.82, 2.24) is 20.2 Å². The van der Waals surface area contributed by atoms with Crippen LogP contribution in [0.3, 0.4) is 0 Å². The smallest absolute Gasteiger partial charge is 0.410 e. The van der Waals surface area contributed by atoms with Crippen molar-refractivity contribution in [2.24, 2.45) is 5.92 Å². The lowest BCUT2D eigenvalue weighted by Gasteiger charge is -2.28. The van der Waals surface area contributed by atoms with Crippen molar-refractivity contribution >= 4 is 29.5 Å². The number of anilines is 3. The minimum atomic E-state index is -0.652. The van der Waals surface area contributed by atoms with Crippen LogP contribution in [0.25, 0.3) is 0 Å². The highest BCUT2D eigenvalue weighted by Crippen LogP contribution is 2.26. The lowest BCUT2D eigenvalue weighted by Crippen LogP contribution is -2.49. The molecule has 1 aliphatic rings. The van der Waals surface area contributed by atoms with Gasteiger partial charge in [0.15, 0.2) is 0 Å². The first-order chi connectivity index (χ1) is 19.0. The molecule has 1 saturated carbocycles. The van der Waals surface area contributed by atoms with Gasteiger partial charge in [0.05, 0.1) is 23.4 Å². The topological polar surface area (TPSA) is 132 Å². The van der Waals surface area contributed by atoms with E-state index in [2.05, 4.69) is 50.8 Å². The Morgan fingerprint density at radius 3 is 2.60 bits per heavy atom. The molecule has 0 unspecified atom stereocenters. The third kappa shape index (κ3) is 8.88. The normalized spacial score (nSPS) is 17.0. The van der Waals surface area contributed by atoms with Gasteiger partial charge >= 0.3 is 6.09 Å².